The molecule has 15 heavy (non-hydrogen) atoms. The highest BCUT2D eigenvalue weighted by Crippen LogP contribution is 2.31. The fraction of sp³-hybridized carbons (Fsp3) is 0.333. The van der Waals surface area contributed by atoms with Crippen molar-refractivity contribution < 1.29 is 4.74 Å². The van der Waals surface area contributed by atoms with Crippen molar-refractivity contribution in [1.82, 2.24) is 4.98 Å². The zero-order valence-corrected chi connectivity index (χ0v) is 8.71. The highest BCUT2D eigenvalue weighted by atomic mass is 16.5. The van der Waals surface area contributed by atoms with Gasteiger partial charge in [0.25, 0.3) is 0 Å². The Morgan fingerprint density at radius 1 is 1.40 bits per heavy atom. The van der Waals surface area contributed by atoms with E-state index in [0.717, 1.165) is 18.6 Å². The van der Waals surface area contributed by atoms with Crippen molar-refractivity contribution in [2.24, 2.45) is 5.73 Å². The van der Waals surface area contributed by atoms with Gasteiger partial charge in [0.05, 0.1) is 7.11 Å². The van der Waals surface area contributed by atoms with Crippen LogP contribution in [-0.4, -0.2) is 18.1 Å². The smallest absolute Gasteiger partial charge is 0.119 e. The Bertz CT molecular complexity index is 516. The Hall–Kier alpha value is -1.48. The van der Waals surface area contributed by atoms with Gasteiger partial charge in [-0.15, -0.1) is 0 Å². The minimum Gasteiger partial charge on any atom is -0.497 e. The molecule has 3 N–H and O–H groups in total. The van der Waals surface area contributed by atoms with Crippen LogP contribution in [0.4, 0.5) is 0 Å². The van der Waals surface area contributed by atoms with Gasteiger partial charge in [0, 0.05) is 29.1 Å². The summed E-state index contributed by atoms with van der Waals surface area (Å²) < 4.78 is 5.23. The number of methoxy groups -OCH3 is 1. The number of rotatable bonds is 1. The molecule has 1 atom stereocenters. The second-order valence-electron chi connectivity index (χ2n) is 4.16. The molecule has 0 aliphatic heterocycles. The Morgan fingerprint density at radius 2 is 2.27 bits per heavy atom. The van der Waals surface area contributed by atoms with E-state index < -0.39 is 0 Å². The zero-order valence-electron chi connectivity index (χ0n) is 8.71. The van der Waals surface area contributed by atoms with Crippen LogP contribution in [0.2, 0.25) is 0 Å². The predicted octanol–water partition coefficient (Wildman–Crippen LogP) is 1.60. The lowest BCUT2D eigenvalue weighted by atomic mass is 10.1. The number of aromatic amines is 1. The molecule has 0 radical (unpaired) electrons. The van der Waals surface area contributed by atoms with Crippen LogP contribution in [0, 0.1) is 0 Å². The fourth-order valence-corrected chi connectivity index (χ4v) is 2.41. The average Bonchev–Trinajstić information content (AvgIpc) is 2.73. The van der Waals surface area contributed by atoms with Crippen molar-refractivity contribution in [3.8, 4) is 5.75 Å². The molecular formula is C12H14N2O. The van der Waals surface area contributed by atoms with E-state index in [1.165, 1.54) is 22.2 Å². The second-order valence-corrected chi connectivity index (χ2v) is 4.16. The van der Waals surface area contributed by atoms with Crippen LogP contribution in [0.1, 0.15) is 11.3 Å². The van der Waals surface area contributed by atoms with Crippen molar-refractivity contribution >= 4 is 10.9 Å². The third kappa shape index (κ3) is 1.23. The maximum atomic E-state index is 5.94. The van der Waals surface area contributed by atoms with Gasteiger partial charge in [0.2, 0.25) is 0 Å². The molecule has 0 spiro atoms. The standard InChI is InChI=1S/C12H14N2O/c1-15-8-2-3-11-10(6-8)9-4-7(13)5-12(9)14-11/h2-3,6-7,14H,4-5,13H2,1H3/t7-/m1/s1. The van der Waals surface area contributed by atoms with Gasteiger partial charge in [-0.05, 0) is 30.2 Å². The van der Waals surface area contributed by atoms with Crippen molar-refractivity contribution in [2.45, 2.75) is 18.9 Å². The molecule has 0 unspecified atom stereocenters. The highest BCUT2D eigenvalue weighted by molar-refractivity contribution is 5.86. The molecule has 1 aliphatic rings. The fourth-order valence-electron chi connectivity index (χ4n) is 2.41. The highest BCUT2D eigenvalue weighted by Gasteiger charge is 2.22. The third-order valence-corrected chi connectivity index (χ3v) is 3.13. The maximum absolute atomic E-state index is 5.94. The number of hydrogen-bond acceptors (Lipinski definition) is 2. The number of fused-ring (bicyclic) bond motifs is 3. The molecule has 1 aromatic carbocycles. The zero-order chi connectivity index (χ0) is 10.4. The Morgan fingerprint density at radius 3 is 3.07 bits per heavy atom. The Kier molecular flexibility index (Phi) is 1.76. The summed E-state index contributed by atoms with van der Waals surface area (Å²) in [5.41, 5.74) is 9.80. The van der Waals surface area contributed by atoms with E-state index in [2.05, 4.69) is 17.1 Å². The van der Waals surface area contributed by atoms with Gasteiger partial charge in [-0.2, -0.15) is 0 Å². The molecule has 0 fully saturated rings. The Balaban J connectivity index is 2.22. The monoisotopic (exact) mass is 202 g/mol. The van der Waals surface area contributed by atoms with Crippen LogP contribution in [0.25, 0.3) is 10.9 Å². The van der Waals surface area contributed by atoms with Gasteiger partial charge in [0.15, 0.2) is 0 Å². The molecule has 2 aromatic rings. The van der Waals surface area contributed by atoms with Crippen molar-refractivity contribution in [3.63, 3.8) is 0 Å². The largest absolute Gasteiger partial charge is 0.497 e. The van der Waals surface area contributed by atoms with Crippen molar-refractivity contribution in [1.29, 1.82) is 0 Å². The van der Waals surface area contributed by atoms with E-state index in [0.29, 0.717) is 0 Å². The van der Waals surface area contributed by atoms with E-state index in [4.69, 9.17) is 10.5 Å². The van der Waals surface area contributed by atoms with E-state index in [9.17, 15) is 0 Å². The summed E-state index contributed by atoms with van der Waals surface area (Å²) in [6.07, 6.45) is 1.94. The molecule has 3 heteroatoms. The lowest BCUT2D eigenvalue weighted by molar-refractivity contribution is 0.415. The molecule has 78 valence electrons. The summed E-state index contributed by atoms with van der Waals surface area (Å²) in [5, 5.41) is 1.26. The number of hydrogen-bond donors (Lipinski definition) is 2. The summed E-state index contributed by atoms with van der Waals surface area (Å²) in [6.45, 7) is 0. The minimum absolute atomic E-state index is 0.279. The maximum Gasteiger partial charge on any atom is 0.119 e. The molecule has 3 nitrogen and oxygen atoms in total. The van der Waals surface area contributed by atoms with Crippen molar-refractivity contribution in [2.75, 3.05) is 7.11 Å². The summed E-state index contributed by atoms with van der Waals surface area (Å²) in [5.74, 6) is 0.907. The molecule has 1 heterocycles. The molecule has 0 bridgehead atoms. The average molecular weight is 202 g/mol. The van der Waals surface area contributed by atoms with Gasteiger partial charge in [-0.25, -0.2) is 0 Å². The van der Waals surface area contributed by atoms with Gasteiger partial charge in [0.1, 0.15) is 5.75 Å². The minimum atomic E-state index is 0.279. The summed E-state index contributed by atoms with van der Waals surface area (Å²) in [4.78, 5) is 3.42. The lowest BCUT2D eigenvalue weighted by Crippen LogP contribution is -2.19. The van der Waals surface area contributed by atoms with Crippen molar-refractivity contribution in [3.05, 3.63) is 29.5 Å². The third-order valence-electron chi connectivity index (χ3n) is 3.13. The topological polar surface area (TPSA) is 51.0 Å². The number of benzene rings is 1. The van der Waals surface area contributed by atoms with E-state index >= 15 is 0 Å². The quantitative estimate of drug-likeness (QED) is 0.738. The van der Waals surface area contributed by atoms with Crippen LogP contribution in [0.3, 0.4) is 0 Å². The summed E-state index contributed by atoms with van der Waals surface area (Å²) >= 11 is 0. The van der Waals surface area contributed by atoms with Crippen LogP contribution in [0.5, 0.6) is 5.75 Å². The molecule has 1 aliphatic carbocycles. The molecule has 1 aromatic heterocycles. The predicted molar refractivity (Wildman–Crippen MR) is 60.2 cm³/mol. The first-order valence-corrected chi connectivity index (χ1v) is 5.21. The van der Waals surface area contributed by atoms with Gasteiger partial charge < -0.3 is 15.5 Å². The van der Waals surface area contributed by atoms with Crippen LogP contribution in [0.15, 0.2) is 18.2 Å². The van der Waals surface area contributed by atoms with Gasteiger partial charge >= 0.3 is 0 Å². The number of H-pyrrole nitrogens is 1. The first kappa shape index (κ1) is 8.80. The molecule has 0 saturated carbocycles. The SMILES string of the molecule is COc1ccc2[nH]c3c(c2c1)C[C@@H](N)C3. The number of ether oxygens (including phenoxy) is 1. The normalized spacial score (nSPS) is 19.5. The summed E-state index contributed by atoms with van der Waals surface area (Å²) in [6, 6.07) is 6.41. The Labute approximate surface area is 88.2 Å². The second kappa shape index (κ2) is 3.00. The van der Waals surface area contributed by atoms with Gasteiger partial charge in [-0.3, -0.25) is 0 Å². The van der Waals surface area contributed by atoms with E-state index in [1.807, 2.05) is 6.07 Å². The van der Waals surface area contributed by atoms with Crippen LogP contribution >= 0.6 is 0 Å². The van der Waals surface area contributed by atoms with Gasteiger partial charge in [-0.1, -0.05) is 0 Å². The van der Waals surface area contributed by atoms with Crippen LogP contribution in [-0.2, 0) is 12.8 Å². The summed E-state index contributed by atoms with van der Waals surface area (Å²) in [7, 11) is 1.69. The molecule has 0 saturated heterocycles. The molecular weight excluding hydrogens is 188 g/mol. The van der Waals surface area contributed by atoms with E-state index in [1.54, 1.807) is 7.11 Å². The first-order chi connectivity index (χ1) is 7.28. The van der Waals surface area contributed by atoms with E-state index in [-0.39, 0.29) is 6.04 Å². The molecule has 0 amide bonds. The number of nitrogens with one attached hydrogen (secondary N) is 1. The number of nitrogens with two attached hydrogens (primary N) is 1. The number of aromatic nitrogens is 1. The molecule has 3 rings (SSSR count). The lowest BCUT2D eigenvalue weighted by Gasteiger charge is -2.02. The first-order valence-electron chi connectivity index (χ1n) is 5.21. The van der Waals surface area contributed by atoms with Crippen LogP contribution < -0.4 is 10.5 Å².